The number of nitrogens with zero attached hydrogens (tertiary/aromatic N) is 1. The van der Waals surface area contributed by atoms with Gasteiger partial charge in [0, 0.05) is 12.6 Å². The van der Waals surface area contributed by atoms with Gasteiger partial charge < -0.3 is 10.6 Å². The van der Waals surface area contributed by atoms with E-state index in [0.29, 0.717) is 17.9 Å². The molecule has 0 aromatic rings. The van der Waals surface area contributed by atoms with Crippen molar-refractivity contribution >= 4 is 5.91 Å². The van der Waals surface area contributed by atoms with E-state index < -0.39 is 0 Å². The van der Waals surface area contributed by atoms with Gasteiger partial charge >= 0.3 is 0 Å². The molecule has 2 heterocycles. The average molecular weight is 293 g/mol. The predicted molar refractivity (Wildman–Crippen MR) is 85.1 cm³/mol. The predicted octanol–water partition coefficient (Wildman–Crippen LogP) is 1.76. The van der Waals surface area contributed by atoms with Gasteiger partial charge in [-0.2, -0.15) is 0 Å². The second kappa shape index (κ2) is 7.10. The van der Waals surface area contributed by atoms with Gasteiger partial charge in [-0.3, -0.25) is 9.69 Å². The molecule has 1 aliphatic carbocycles. The minimum Gasteiger partial charge on any atom is -0.354 e. The zero-order valence-electron chi connectivity index (χ0n) is 13.4. The van der Waals surface area contributed by atoms with Gasteiger partial charge in [-0.15, -0.1) is 0 Å². The van der Waals surface area contributed by atoms with E-state index in [9.17, 15) is 4.79 Å². The molecule has 0 radical (unpaired) electrons. The van der Waals surface area contributed by atoms with Crippen molar-refractivity contribution in [1.29, 1.82) is 0 Å². The monoisotopic (exact) mass is 293 g/mol. The highest BCUT2D eigenvalue weighted by Gasteiger charge is 2.36. The Balaban J connectivity index is 1.50. The Bertz CT molecular complexity index is 354. The van der Waals surface area contributed by atoms with Crippen LogP contribution in [0, 0.1) is 11.8 Å². The van der Waals surface area contributed by atoms with Crippen LogP contribution in [0.2, 0.25) is 0 Å². The van der Waals surface area contributed by atoms with E-state index in [4.69, 9.17) is 0 Å². The van der Waals surface area contributed by atoms with Gasteiger partial charge in [0.25, 0.3) is 0 Å². The van der Waals surface area contributed by atoms with Crippen molar-refractivity contribution in [3.8, 4) is 0 Å². The minimum atomic E-state index is 0.143. The molecule has 1 saturated carbocycles. The number of carbonyl (C=O) groups excluding carboxylic acids is 1. The van der Waals surface area contributed by atoms with Crippen LogP contribution < -0.4 is 10.6 Å². The van der Waals surface area contributed by atoms with Gasteiger partial charge in [-0.1, -0.05) is 19.8 Å². The number of amides is 1. The maximum absolute atomic E-state index is 12.6. The molecule has 2 aliphatic heterocycles. The number of hydrogen-bond donors (Lipinski definition) is 2. The Labute approximate surface area is 129 Å². The lowest BCUT2D eigenvalue weighted by Gasteiger charge is -2.35. The maximum atomic E-state index is 12.6. The van der Waals surface area contributed by atoms with Gasteiger partial charge in [0.15, 0.2) is 0 Å². The molecule has 2 saturated heterocycles. The highest BCUT2D eigenvalue weighted by Crippen LogP contribution is 2.30. The lowest BCUT2D eigenvalue weighted by molar-refractivity contribution is -0.126. The van der Waals surface area contributed by atoms with Crippen LogP contribution in [0.15, 0.2) is 0 Å². The number of piperidine rings is 1. The SMILES string of the molecule is CC1CCCC1CNC(=O)C1CCCN1C1CCNCC1. The summed E-state index contributed by atoms with van der Waals surface area (Å²) in [5, 5.41) is 6.69. The molecule has 0 aromatic carbocycles. The van der Waals surface area contributed by atoms with Crippen LogP contribution in [0.5, 0.6) is 0 Å². The Kier molecular flexibility index (Phi) is 5.17. The van der Waals surface area contributed by atoms with Gasteiger partial charge in [-0.25, -0.2) is 0 Å². The van der Waals surface area contributed by atoms with Gasteiger partial charge in [-0.05, 0) is 63.6 Å². The molecule has 3 atom stereocenters. The fraction of sp³-hybridized carbons (Fsp3) is 0.941. The first-order valence-corrected chi connectivity index (χ1v) is 9.00. The fourth-order valence-electron chi connectivity index (χ4n) is 4.52. The molecule has 3 fully saturated rings. The van der Waals surface area contributed by atoms with Crippen LogP contribution in [0.3, 0.4) is 0 Å². The van der Waals surface area contributed by atoms with E-state index >= 15 is 0 Å². The summed E-state index contributed by atoms with van der Waals surface area (Å²) in [4.78, 5) is 15.1. The Morgan fingerprint density at radius 2 is 1.95 bits per heavy atom. The molecule has 4 nitrogen and oxygen atoms in total. The molecule has 21 heavy (non-hydrogen) atoms. The normalized spacial score (nSPS) is 35.2. The van der Waals surface area contributed by atoms with Crippen LogP contribution in [0.4, 0.5) is 0 Å². The molecule has 0 aromatic heterocycles. The van der Waals surface area contributed by atoms with Gasteiger partial charge in [0.05, 0.1) is 6.04 Å². The molecule has 0 bridgehead atoms. The molecule has 3 rings (SSSR count). The molecule has 1 amide bonds. The third-order valence-corrected chi connectivity index (χ3v) is 5.95. The molecule has 120 valence electrons. The second-order valence-electron chi connectivity index (χ2n) is 7.29. The van der Waals surface area contributed by atoms with E-state index in [1.165, 1.54) is 38.5 Å². The lowest BCUT2D eigenvalue weighted by atomic mass is 9.98. The summed E-state index contributed by atoms with van der Waals surface area (Å²) in [6, 6.07) is 0.764. The van der Waals surface area contributed by atoms with Crippen LogP contribution >= 0.6 is 0 Å². The molecule has 3 unspecified atom stereocenters. The highest BCUT2D eigenvalue weighted by atomic mass is 16.2. The van der Waals surface area contributed by atoms with Crippen molar-refractivity contribution in [2.75, 3.05) is 26.2 Å². The smallest absolute Gasteiger partial charge is 0.237 e. The quantitative estimate of drug-likeness (QED) is 0.830. The third kappa shape index (κ3) is 3.59. The van der Waals surface area contributed by atoms with Crippen molar-refractivity contribution in [2.45, 2.75) is 64.0 Å². The first kappa shape index (κ1) is 15.3. The van der Waals surface area contributed by atoms with Crippen LogP contribution in [0.25, 0.3) is 0 Å². The third-order valence-electron chi connectivity index (χ3n) is 5.95. The first-order chi connectivity index (χ1) is 10.3. The summed E-state index contributed by atoms with van der Waals surface area (Å²) in [6.45, 7) is 6.56. The van der Waals surface area contributed by atoms with Crippen LogP contribution in [-0.4, -0.2) is 49.1 Å². The van der Waals surface area contributed by atoms with Crippen molar-refractivity contribution in [3.05, 3.63) is 0 Å². The maximum Gasteiger partial charge on any atom is 0.237 e. The molecule has 0 spiro atoms. The topological polar surface area (TPSA) is 44.4 Å². The number of nitrogens with one attached hydrogen (secondary N) is 2. The van der Waals surface area contributed by atoms with Crippen LogP contribution in [-0.2, 0) is 4.79 Å². The molecule has 4 heteroatoms. The Morgan fingerprint density at radius 1 is 1.14 bits per heavy atom. The fourth-order valence-corrected chi connectivity index (χ4v) is 4.52. The number of hydrogen-bond acceptors (Lipinski definition) is 3. The Morgan fingerprint density at radius 3 is 2.67 bits per heavy atom. The molecule has 2 N–H and O–H groups in total. The summed E-state index contributed by atoms with van der Waals surface area (Å²) < 4.78 is 0. The van der Waals surface area contributed by atoms with E-state index in [2.05, 4.69) is 22.5 Å². The standard InChI is InChI=1S/C17H31N3O/c1-13-4-2-5-14(13)12-19-17(21)16-6-3-11-20(16)15-7-9-18-10-8-15/h13-16,18H,2-12H2,1H3,(H,19,21). The number of carbonyl (C=O) groups is 1. The van der Waals surface area contributed by atoms with Crippen molar-refractivity contribution in [1.82, 2.24) is 15.5 Å². The largest absolute Gasteiger partial charge is 0.354 e. The summed E-state index contributed by atoms with van der Waals surface area (Å²) >= 11 is 0. The minimum absolute atomic E-state index is 0.143. The second-order valence-corrected chi connectivity index (χ2v) is 7.29. The van der Waals surface area contributed by atoms with Gasteiger partial charge in [0.1, 0.15) is 0 Å². The first-order valence-electron chi connectivity index (χ1n) is 9.00. The van der Waals surface area contributed by atoms with Crippen LogP contribution in [0.1, 0.15) is 51.9 Å². The number of likely N-dealkylation sites (tertiary alicyclic amines) is 1. The van der Waals surface area contributed by atoms with Crippen molar-refractivity contribution in [2.24, 2.45) is 11.8 Å². The van der Waals surface area contributed by atoms with E-state index in [0.717, 1.165) is 38.5 Å². The summed E-state index contributed by atoms with van der Waals surface area (Å²) in [5.74, 6) is 1.79. The van der Waals surface area contributed by atoms with Crippen molar-refractivity contribution < 1.29 is 4.79 Å². The molecular formula is C17H31N3O. The van der Waals surface area contributed by atoms with E-state index in [-0.39, 0.29) is 6.04 Å². The zero-order valence-corrected chi connectivity index (χ0v) is 13.4. The summed E-state index contributed by atoms with van der Waals surface area (Å²) in [5.41, 5.74) is 0. The van der Waals surface area contributed by atoms with Crippen molar-refractivity contribution in [3.63, 3.8) is 0 Å². The van der Waals surface area contributed by atoms with E-state index in [1.54, 1.807) is 0 Å². The summed E-state index contributed by atoms with van der Waals surface area (Å²) in [7, 11) is 0. The van der Waals surface area contributed by atoms with Gasteiger partial charge in [0.2, 0.25) is 5.91 Å². The highest BCUT2D eigenvalue weighted by molar-refractivity contribution is 5.82. The number of rotatable bonds is 4. The summed E-state index contributed by atoms with van der Waals surface area (Å²) in [6.07, 6.45) is 8.60. The van der Waals surface area contributed by atoms with E-state index in [1.807, 2.05) is 0 Å². The lowest BCUT2D eigenvalue weighted by Crippen LogP contribution is -2.51. The zero-order chi connectivity index (χ0) is 14.7. The average Bonchev–Trinajstić information content (AvgIpc) is 3.15. The Hall–Kier alpha value is -0.610. The molecule has 3 aliphatic rings. The molecular weight excluding hydrogens is 262 g/mol.